The summed E-state index contributed by atoms with van der Waals surface area (Å²) < 4.78 is 5.10. The van der Waals surface area contributed by atoms with Gasteiger partial charge in [0.25, 0.3) is 0 Å². The van der Waals surface area contributed by atoms with Crippen molar-refractivity contribution in [2.45, 2.75) is 38.5 Å². The van der Waals surface area contributed by atoms with Crippen molar-refractivity contribution in [1.29, 1.82) is 5.26 Å². The molecular weight excluding hydrogens is 320 g/mol. The van der Waals surface area contributed by atoms with E-state index in [-0.39, 0.29) is 12.8 Å². The smallest absolute Gasteiger partial charge is 0.249 e. The number of aromatic nitrogens is 2. The van der Waals surface area contributed by atoms with Crippen molar-refractivity contribution >= 4 is 17.4 Å². The summed E-state index contributed by atoms with van der Waals surface area (Å²) in [5.74, 6) is -1.02. The fraction of sp³-hybridized carbons (Fsp3) is 0.389. The third kappa shape index (κ3) is 4.29. The molecule has 7 nitrogen and oxygen atoms in total. The largest absolute Gasteiger partial charge is 0.339 e. The summed E-state index contributed by atoms with van der Waals surface area (Å²) in [6, 6.07) is 8.94. The number of anilines is 1. The maximum atomic E-state index is 12.2. The molecule has 1 aliphatic carbocycles. The molecule has 1 fully saturated rings. The molecule has 3 rings (SSSR count). The second-order valence-corrected chi connectivity index (χ2v) is 6.21. The molecule has 1 heterocycles. The van der Waals surface area contributed by atoms with E-state index in [0.29, 0.717) is 23.3 Å². The average Bonchev–Trinajstić information content (AvgIpc) is 3.32. The minimum absolute atomic E-state index is 0.00572. The van der Waals surface area contributed by atoms with Crippen molar-refractivity contribution < 1.29 is 14.1 Å². The Morgan fingerprint density at radius 1 is 1.44 bits per heavy atom. The Morgan fingerprint density at radius 3 is 2.92 bits per heavy atom. The molecule has 1 aromatic carbocycles. The number of carbonyl (C=O) groups is 2. The fourth-order valence-electron chi connectivity index (χ4n) is 2.47. The zero-order valence-electron chi connectivity index (χ0n) is 13.9. The van der Waals surface area contributed by atoms with Gasteiger partial charge < -0.3 is 9.84 Å². The lowest BCUT2D eigenvalue weighted by molar-refractivity contribution is -0.128. The molecule has 128 valence electrons. The Labute approximate surface area is 145 Å². The van der Waals surface area contributed by atoms with Gasteiger partial charge in [-0.1, -0.05) is 17.3 Å². The monoisotopic (exact) mass is 338 g/mol. The van der Waals surface area contributed by atoms with E-state index in [2.05, 4.69) is 15.5 Å². The zero-order valence-corrected chi connectivity index (χ0v) is 13.9. The van der Waals surface area contributed by atoms with Gasteiger partial charge in [-0.05, 0) is 37.5 Å². The van der Waals surface area contributed by atoms with Crippen molar-refractivity contribution in [3.05, 3.63) is 41.5 Å². The van der Waals surface area contributed by atoms with Crippen LogP contribution >= 0.6 is 0 Å². The van der Waals surface area contributed by atoms with Gasteiger partial charge in [-0.2, -0.15) is 10.2 Å². The number of rotatable bonds is 7. The molecule has 0 bridgehead atoms. The molecule has 0 spiro atoms. The zero-order chi connectivity index (χ0) is 17.8. The van der Waals surface area contributed by atoms with Crippen molar-refractivity contribution in [3.8, 4) is 6.07 Å². The Kier molecular flexibility index (Phi) is 4.89. The van der Waals surface area contributed by atoms with Gasteiger partial charge in [0, 0.05) is 24.4 Å². The van der Waals surface area contributed by atoms with Gasteiger partial charge in [0.1, 0.15) is 0 Å². The molecule has 0 aliphatic heterocycles. The SMILES string of the molecule is Cc1cccc(NC(=O)[C@H](C#N)C(=O)CCc2nc(C3CC3)no2)c1. The highest BCUT2D eigenvalue weighted by Gasteiger charge is 2.30. The summed E-state index contributed by atoms with van der Waals surface area (Å²) in [6.45, 7) is 1.89. The van der Waals surface area contributed by atoms with E-state index in [1.165, 1.54) is 0 Å². The third-order valence-corrected chi connectivity index (χ3v) is 4.01. The molecule has 1 aromatic heterocycles. The molecule has 1 saturated carbocycles. The van der Waals surface area contributed by atoms with Gasteiger partial charge in [-0.15, -0.1) is 0 Å². The van der Waals surface area contributed by atoms with E-state index < -0.39 is 17.6 Å². The van der Waals surface area contributed by atoms with Crippen LogP contribution in [0.4, 0.5) is 5.69 Å². The molecule has 25 heavy (non-hydrogen) atoms. The summed E-state index contributed by atoms with van der Waals surface area (Å²) >= 11 is 0. The van der Waals surface area contributed by atoms with Crippen LogP contribution in [0.1, 0.15) is 42.5 Å². The number of hydrogen-bond acceptors (Lipinski definition) is 6. The van der Waals surface area contributed by atoms with Crippen molar-refractivity contribution in [2.24, 2.45) is 5.92 Å². The predicted octanol–water partition coefficient (Wildman–Crippen LogP) is 2.54. The van der Waals surface area contributed by atoms with Gasteiger partial charge in [0.2, 0.25) is 11.8 Å². The number of aryl methyl sites for hydroxylation is 2. The molecule has 0 radical (unpaired) electrons. The number of nitrogens with one attached hydrogen (secondary N) is 1. The predicted molar refractivity (Wildman–Crippen MR) is 88.5 cm³/mol. The summed E-state index contributed by atoms with van der Waals surface area (Å²) in [6.07, 6.45) is 2.36. The van der Waals surface area contributed by atoms with E-state index in [9.17, 15) is 14.9 Å². The summed E-state index contributed by atoms with van der Waals surface area (Å²) in [7, 11) is 0. The van der Waals surface area contributed by atoms with Crippen LogP contribution < -0.4 is 5.32 Å². The Hall–Kier alpha value is -3.01. The van der Waals surface area contributed by atoms with Crippen LogP contribution in [0.5, 0.6) is 0 Å². The van der Waals surface area contributed by atoms with E-state index in [0.717, 1.165) is 18.4 Å². The highest BCUT2D eigenvalue weighted by molar-refractivity contribution is 6.09. The molecule has 1 atom stereocenters. The second kappa shape index (κ2) is 7.26. The summed E-state index contributed by atoms with van der Waals surface area (Å²) in [4.78, 5) is 28.7. The molecule has 2 aromatic rings. The molecule has 1 aliphatic rings. The standard InChI is InChI=1S/C18H18N4O3/c1-11-3-2-4-13(9-11)20-18(24)14(10-19)15(23)7-8-16-21-17(22-25-16)12-5-6-12/h2-4,9,12,14H,5-8H2,1H3,(H,20,24)/t14-/m1/s1. The van der Waals surface area contributed by atoms with Crippen LogP contribution in [0.2, 0.25) is 0 Å². The quantitative estimate of drug-likeness (QED) is 0.777. The number of amides is 1. The Bertz CT molecular complexity index is 833. The number of carbonyl (C=O) groups excluding carboxylic acids is 2. The molecule has 1 N–H and O–H groups in total. The van der Waals surface area contributed by atoms with Crippen LogP contribution in [0.3, 0.4) is 0 Å². The number of benzene rings is 1. The van der Waals surface area contributed by atoms with E-state index in [1.54, 1.807) is 24.3 Å². The number of nitriles is 1. The van der Waals surface area contributed by atoms with Crippen molar-refractivity contribution in [2.75, 3.05) is 5.32 Å². The first-order chi connectivity index (χ1) is 12.1. The van der Waals surface area contributed by atoms with E-state index in [4.69, 9.17) is 4.52 Å². The third-order valence-electron chi connectivity index (χ3n) is 4.01. The maximum Gasteiger partial charge on any atom is 0.249 e. The molecular formula is C18H18N4O3. The lowest BCUT2D eigenvalue weighted by Gasteiger charge is -2.09. The van der Waals surface area contributed by atoms with Gasteiger partial charge in [0.05, 0.1) is 6.07 Å². The minimum atomic E-state index is -1.36. The second-order valence-electron chi connectivity index (χ2n) is 6.21. The van der Waals surface area contributed by atoms with Crippen LogP contribution in [0.15, 0.2) is 28.8 Å². The average molecular weight is 338 g/mol. The molecule has 0 saturated heterocycles. The van der Waals surface area contributed by atoms with Crippen LogP contribution in [0.25, 0.3) is 0 Å². The highest BCUT2D eigenvalue weighted by Crippen LogP contribution is 2.38. The maximum absolute atomic E-state index is 12.2. The minimum Gasteiger partial charge on any atom is -0.339 e. The first-order valence-corrected chi connectivity index (χ1v) is 8.19. The topological polar surface area (TPSA) is 109 Å². The van der Waals surface area contributed by atoms with Crippen LogP contribution in [0, 0.1) is 24.2 Å². The lowest BCUT2D eigenvalue weighted by Crippen LogP contribution is -2.28. The number of nitrogens with zero attached hydrogens (tertiary/aromatic N) is 3. The Morgan fingerprint density at radius 2 is 2.24 bits per heavy atom. The molecule has 7 heteroatoms. The van der Waals surface area contributed by atoms with Crippen molar-refractivity contribution in [3.63, 3.8) is 0 Å². The molecule has 0 unspecified atom stereocenters. The van der Waals surface area contributed by atoms with Gasteiger partial charge in [-0.3, -0.25) is 9.59 Å². The van der Waals surface area contributed by atoms with E-state index in [1.807, 2.05) is 13.0 Å². The van der Waals surface area contributed by atoms with Gasteiger partial charge in [0.15, 0.2) is 17.5 Å². The Balaban J connectivity index is 1.56. The van der Waals surface area contributed by atoms with Crippen LogP contribution in [-0.2, 0) is 16.0 Å². The molecule has 1 amide bonds. The first-order valence-electron chi connectivity index (χ1n) is 8.19. The number of hydrogen-bond donors (Lipinski definition) is 1. The van der Waals surface area contributed by atoms with Crippen LogP contribution in [-0.4, -0.2) is 21.8 Å². The number of Topliss-reactive ketones (excluding diaryl/α,β-unsaturated/α-hetero) is 1. The fourth-order valence-corrected chi connectivity index (χ4v) is 2.47. The van der Waals surface area contributed by atoms with Gasteiger partial charge >= 0.3 is 0 Å². The van der Waals surface area contributed by atoms with E-state index >= 15 is 0 Å². The lowest BCUT2D eigenvalue weighted by atomic mass is 10.0. The highest BCUT2D eigenvalue weighted by atomic mass is 16.5. The van der Waals surface area contributed by atoms with Crippen molar-refractivity contribution in [1.82, 2.24) is 10.1 Å². The first kappa shape index (κ1) is 16.8. The van der Waals surface area contributed by atoms with Gasteiger partial charge in [-0.25, -0.2) is 0 Å². The normalized spacial score (nSPS) is 14.6. The summed E-state index contributed by atoms with van der Waals surface area (Å²) in [5.41, 5.74) is 1.53. The number of ketones is 1. The summed E-state index contributed by atoms with van der Waals surface area (Å²) in [5, 5.41) is 15.7.